The molecule has 1 fully saturated rings. The van der Waals surface area contributed by atoms with Crippen molar-refractivity contribution in [3.8, 4) is 5.75 Å². The normalized spacial score (nSPS) is 13.6. The van der Waals surface area contributed by atoms with E-state index in [0.717, 1.165) is 40.5 Å². The van der Waals surface area contributed by atoms with Gasteiger partial charge in [-0.1, -0.05) is 30.3 Å². The molecule has 4 rings (SSSR count). The number of likely N-dealkylation sites (N-methyl/N-ethyl adjacent to an activating group) is 1. The van der Waals surface area contributed by atoms with E-state index in [0.29, 0.717) is 25.7 Å². The van der Waals surface area contributed by atoms with Crippen molar-refractivity contribution >= 4 is 16.7 Å². The molecule has 0 spiro atoms. The number of halogens is 1. The highest BCUT2D eigenvalue weighted by Crippen LogP contribution is 2.28. The van der Waals surface area contributed by atoms with E-state index in [1.54, 1.807) is 24.1 Å². The van der Waals surface area contributed by atoms with E-state index in [-0.39, 0.29) is 11.7 Å². The first kappa shape index (κ1) is 20.4. The summed E-state index contributed by atoms with van der Waals surface area (Å²) >= 11 is 0. The van der Waals surface area contributed by atoms with Crippen molar-refractivity contribution < 1.29 is 13.9 Å². The predicted octanol–water partition coefficient (Wildman–Crippen LogP) is 4.61. The molecule has 1 aliphatic carbocycles. The topological polar surface area (TPSA) is 32.8 Å². The molecule has 3 aromatic rings. The Bertz CT molecular complexity index is 1030. The standard InChI is InChI=1S/C25H27FN2O2/c1-27(15-19-3-6-21-14-24(30-2)12-7-20(21)13-19)25(29)17-28(23-10-11-23)16-18-4-8-22(26)9-5-18/h3-9,12-14,23H,10-11,15-17H2,1-2H3. The van der Waals surface area contributed by atoms with Gasteiger partial charge in [-0.15, -0.1) is 0 Å². The molecule has 0 unspecified atom stereocenters. The van der Waals surface area contributed by atoms with Gasteiger partial charge in [-0.3, -0.25) is 9.69 Å². The number of amides is 1. The molecule has 0 radical (unpaired) electrons. The van der Waals surface area contributed by atoms with E-state index in [1.807, 2.05) is 25.2 Å². The van der Waals surface area contributed by atoms with E-state index < -0.39 is 0 Å². The van der Waals surface area contributed by atoms with E-state index in [1.165, 1.54) is 12.1 Å². The lowest BCUT2D eigenvalue weighted by Crippen LogP contribution is -2.38. The molecule has 5 heteroatoms. The summed E-state index contributed by atoms with van der Waals surface area (Å²) in [4.78, 5) is 16.9. The zero-order valence-corrected chi connectivity index (χ0v) is 17.5. The average Bonchev–Trinajstić information content (AvgIpc) is 3.59. The minimum atomic E-state index is -0.235. The van der Waals surface area contributed by atoms with Crippen molar-refractivity contribution in [2.24, 2.45) is 0 Å². The summed E-state index contributed by atoms with van der Waals surface area (Å²) in [5, 5.41) is 2.25. The van der Waals surface area contributed by atoms with Crippen LogP contribution in [0.4, 0.5) is 4.39 Å². The number of ether oxygens (including phenoxy) is 1. The number of fused-ring (bicyclic) bond motifs is 1. The van der Waals surface area contributed by atoms with Crippen molar-refractivity contribution in [1.82, 2.24) is 9.80 Å². The van der Waals surface area contributed by atoms with E-state index >= 15 is 0 Å². The molecule has 0 aromatic heterocycles. The summed E-state index contributed by atoms with van der Waals surface area (Å²) in [6.07, 6.45) is 2.23. The molecule has 156 valence electrons. The highest BCUT2D eigenvalue weighted by molar-refractivity contribution is 5.84. The highest BCUT2D eigenvalue weighted by atomic mass is 19.1. The third-order valence-corrected chi connectivity index (χ3v) is 5.66. The molecule has 30 heavy (non-hydrogen) atoms. The second-order valence-electron chi connectivity index (χ2n) is 8.06. The molecule has 1 amide bonds. The maximum absolute atomic E-state index is 13.2. The van der Waals surface area contributed by atoms with Gasteiger partial charge in [-0.25, -0.2) is 4.39 Å². The van der Waals surface area contributed by atoms with Crippen LogP contribution in [-0.2, 0) is 17.9 Å². The molecular formula is C25H27FN2O2. The summed E-state index contributed by atoms with van der Waals surface area (Å²) in [7, 11) is 3.51. The van der Waals surface area contributed by atoms with Crippen LogP contribution in [0.3, 0.4) is 0 Å². The van der Waals surface area contributed by atoms with Crippen LogP contribution >= 0.6 is 0 Å². The molecule has 0 bridgehead atoms. The molecule has 0 aliphatic heterocycles. The summed E-state index contributed by atoms with van der Waals surface area (Å²) in [5.74, 6) is 0.698. The molecule has 3 aromatic carbocycles. The maximum atomic E-state index is 13.2. The van der Waals surface area contributed by atoms with Crippen LogP contribution in [0.15, 0.2) is 60.7 Å². The van der Waals surface area contributed by atoms with E-state index in [4.69, 9.17) is 4.74 Å². The SMILES string of the molecule is COc1ccc2cc(CN(C)C(=O)CN(Cc3ccc(F)cc3)C3CC3)ccc2c1. The smallest absolute Gasteiger partial charge is 0.236 e. The van der Waals surface area contributed by atoms with Crippen molar-refractivity contribution in [2.75, 3.05) is 20.7 Å². The van der Waals surface area contributed by atoms with Crippen LogP contribution in [0.2, 0.25) is 0 Å². The van der Waals surface area contributed by atoms with Crippen LogP contribution in [0.5, 0.6) is 5.75 Å². The largest absolute Gasteiger partial charge is 0.497 e. The Kier molecular flexibility index (Phi) is 6.00. The molecule has 0 heterocycles. The van der Waals surface area contributed by atoms with Gasteiger partial charge in [0.15, 0.2) is 0 Å². The number of hydrogen-bond acceptors (Lipinski definition) is 3. The monoisotopic (exact) mass is 406 g/mol. The van der Waals surface area contributed by atoms with Gasteiger partial charge in [-0.05, 0) is 65.1 Å². The summed E-state index contributed by atoms with van der Waals surface area (Å²) in [5.41, 5.74) is 2.13. The fraction of sp³-hybridized carbons (Fsp3) is 0.320. The molecule has 1 aliphatic rings. The fourth-order valence-corrected chi connectivity index (χ4v) is 3.73. The zero-order valence-electron chi connectivity index (χ0n) is 17.5. The molecule has 4 nitrogen and oxygen atoms in total. The van der Waals surface area contributed by atoms with Gasteiger partial charge in [0.2, 0.25) is 5.91 Å². The Hall–Kier alpha value is -2.92. The molecular weight excluding hydrogens is 379 g/mol. The summed E-state index contributed by atoms with van der Waals surface area (Å²) < 4.78 is 18.5. The number of hydrogen-bond donors (Lipinski definition) is 0. The Labute approximate surface area is 176 Å². The maximum Gasteiger partial charge on any atom is 0.236 e. The third-order valence-electron chi connectivity index (χ3n) is 5.66. The summed E-state index contributed by atoms with van der Waals surface area (Å²) in [6, 6.07) is 19.2. The number of carbonyl (C=O) groups is 1. The number of carbonyl (C=O) groups excluding carboxylic acids is 1. The number of benzene rings is 3. The minimum Gasteiger partial charge on any atom is -0.497 e. The average molecular weight is 407 g/mol. The second-order valence-corrected chi connectivity index (χ2v) is 8.06. The first-order chi connectivity index (χ1) is 14.5. The lowest BCUT2D eigenvalue weighted by Gasteiger charge is -2.25. The van der Waals surface area contributed by atoms with Gasteiger partial charge in [0.05, 0.1) is 13.7 Å². The van der Waals surface area contributed by atoms with Crippen molar-refractivity contribution in [3.63, 3.8) is 0 Å². The van der Waals surface area contributed by atoms with Crippen LogP contribution < -0.4 is 4.74 Å². The number of nitrogens with zero attached hydrogens (tertiary/aromatic N) is 2. The molecule has 0 N–H and O–H groups in total. The third kappa shape index (κ3) is 4.97. The first-order valence-electron chi connectivity index (χ1n) is 10.3. The van der Waals surface area contributed by atoms with Gasteiger partial charge in [0.25, 0.3) is 0 Å². The van der Waals surface area contributed by atoms with Crippen LogP contribution in [0.1, 0.15) is 24.0 Å². The quantitative estimate of drug-likeness (QED) is 0.548. The number of methoxy groups -OCH3 is 1. The van der Waals surface area contributed by atoms with Gasteiger partial charge in [-0.2, -0.15) is 0 Å². The minimum absolute atomic E-state index is 0.0961. The Morgan fingerprint density at radius 2 is 1.63 bits per heavy atom. The van der Waals surface area contributed by atoms with Crippen molar-refractivity contribution in [2.45, 2.75) is 32.0 Å². The predicted molar refractivity (Wildman–Crippen MR) is 117 cm³/mol. The van der Waals surface area contributed by atoms with E-state index in [9.17, 15) is 9.18 Å². The van der Waals surface area contributed by atoms with Crippen LogP contribution in [0.25, 0.3) is 10.8 Å². The van der Waals surface area contributed by atoms with Crippen molar-refractivity contribution in [1.29, 1.82) is 0 Å². The van der Waals surface area contributed by atoms with Crippen LogP contribution in [-0.4, -0.2) is 42.5 Å². The fourth-order valence-electron chi connectivity index (χ4n) is 3.73. The highest BCUT2D eigenvalue weighted by Gasteiger charge is 2.31. The van der Waals surface area contributed by atoms with Crippen LogP contribution in [0, 0.1) is 5.82 Å². The second kappa shape index (κ2) is 8.84. The van der Waals surface area contributed by atoms with Gasteiger partial charge < -0.3 is 9.64 Å². The molecule has 0 saturated heterocycles. The van der Waals surface area contributed by atoms with Gasteiger partial charge >= 0.3 is 0 Å². The Balaban J connectivity index is 1.39. The lowest BCUT2D eigenvalue weighted by molar-refractivity contribution is -0.132. The Morgan fingerprint density at radius 1 is 0.967 bits per heavy atom. The summed E-state index contributed by atoms with van der Waals surface area (Å²) in [6.45, 7) is 1.61. The lowest BCUT2D eigenvalue weighted by atomic mass is 10.1. The molecule has 0 atom stereocenters. The first-order valence-corrected chi connectivity index (χ1v) is 10.3. The zero-order chi connectivity index (χ0) is 21.1. The van der Waals surface area contributed by atoms with Crippen molar-refractivity contribution in [3.05, 3.63) is 77.6 Å². The van der Waals surface area contributed by atoms with Gasteiger partial charge in [0, 0.05) is 26.2 Å². The Morgan fingerprint density at radius 3 is 2.33 bits per heavy atom. The van der Waals surface area contributed by atoms with E-state index in [2.05, 4.69) is 23.1 Å². The van der Waals surface area contributed by atoms with Gasteiger partial charge in [0.1, 0.15) is 11.6 Å². The molecule has 1 saturated carbocycles. The number of rotatable bonds is 8.